The second kappa shape index (κ2) is 12.7. The molecule has 5 rings (SSSR count). The Hall–Kier alpha value is -2.62. The molecule has 3 saturated heterocycles. The van der Waals surface area contributed by atoms with E-state index < -0.39 is 22.6 Å². The number of rotatable bonds is 13. The van der Waals surface area contributed by atoms with Crippen LogP contribution in [-0.2, 0) is 19.1 Å². The molecule has 3 unspecified atom stereocenters. The fourth-order valence-electron chi connectivity index (χ4n) is 6.77. The average molecular weight is 642 g/mol. The number of ether oxygens (including phenoxy) is 1. The van der Waals surface area contributed by atoms with Gasteiger partial charge in [0.1, 0.15) is 6.04 Å². The largest absolute Gasteiger partial charge is 0.465 e. The summed E-state index contributed by atoms with van der Waals surface area (Å²) in [5, 5.41) is 11.2. The van der Waals surface area contributed by atoms with Crippen molar-refractivity contribution in [1.82, 2.24) is 4.90 Å². The Bertz CT molecular complexity index is 1340. The van der Waals surface area contributed by atoms with Crippen molar-refractivity contribution in [3.63, 3.8) is 0 Å². The summed E-state index contributed by atoms with van der Waals surface area (Å²) in [6, 6.07) is 13.2. The molecule has 3 heterocycles. The van der Waals surface area contributed by atoms with Gasteiger partial charge in [0.2, 0.25) is 5.91 Å². The number of carbonyl (C=O) groups is 3. The Kier molecular flexibility index (Phi) is 9.26. The first-order chi connectivity index (χ1) is 19.9. The predicted molar refractivity (Wildman–Crippen MR) is 167 cm³/mol. The lowest BCUT2D eigenvalue weighted by atomic mass is 9.71. The van der Waals surface area contributed by atoms with Crippen LogP contribution in [0, 0.1) is 11.8 Å². The monoisotopic (exact) mass is 640 g/mol. The molecule has 218 valence electrons. The SMILES string of the molecule is C=CCCOC(=O)[C@H]1[C@@H]2SC3(CC2Br)C(C(=O)N(CC=C)c2ccc4ccccc4c2)N(CCCCCO)C(=O)[C@H]13. The fourth-order valence-corrected chi connectivity index (χ4v) is 10.4. The molecule has 0 radical (unpaired) electrons. The highest BCUT2D eigenvalue weighted by atomic mass is 79.9. The molecule has 2 aromatic rings. The van der Waals surface area contributed by atoms with Crippen molar-refractivity contribution in [2.45, 2.75) is 53.0 Å². The summed E-state index contributed by atoms with van der Waals surface area (Å²) in [4.78, 5) is 45.8. The zero-order valence-electron chi connectivity index (χ0n) is 23.1. The average Bonchev–Trinajstić information content (AvgIpc) is 3.56. The Labute approximate surface area is 254 Å². The summed E-state index contributed by atoms with van der Waals surface area (Å²) < 4.78 is 4.86. The molecule has 3 aliphatic rings. The lowest BCUT2D eigenvalue weighted by Gasteiger charge is -2.38. The van der Waals surface area contributed by atoms with E-state index in [1.807, 2.05) is 42.5 Å². The van der Waals surface area contributed by atoms with Crippen LogP contribution in [0.3, 0.4) is 0 Å². The number of benzene rings is 2. The first-order valence-electron chi connectivity index (χ1n) is 14.3. The summed E-state index contributed by atoms with van der Waals surface area (Å²) in [7, 11) is 0. The Balaban J connectivity index is 1.53. The van der Waals surface area contributed by atoms with Crippen LogP contribution >= 0.6 is 27.7 Å². The van der Waals surface area contributed by atoms with Crippen LogP contribution < -0.4 is 4.90 Å². The van der Waals surface area contributed by atoms with Gasteiger partial charge >= 0.3 is 5.97 Å². The van der Waals surface area contributed by atoms with E-state index in [1.54, 1.807) is 33.7 Å². The number of halogens is 1. The number of hydrogen-bond acceptors (Lipinski definition) is 6. The second-order valence-electron chi connectivity index (χ2n) is 11.0. The smallest absolute Gasteiger partial charge is 0.310 e. The third-order valence-electron chi connectivity index (χ3n) is 8.54. The zero-order chi connectivity index (χ0) is 29.1. The summed E-state index contributed by atoms with van der Waals surface area (Å²) in [6.07, 6.45) is 6.59. The van der Waals surface area contributed by atoms with Crippen LogP contribution in [0.1, 0.15) is 32.1 Å². The number of aliphatic hydroxyl groups is 1. The number of likely N-dealkylation sites (tertiary alicyclic amines) is 1. The minimum Gasteiger partial charge on any atom is -0.465 e. The first kappa shape index (κ1) is 29.9. The number of thioether (sulfide) groups is 1. The molecule has 9 heteroatoms. The topological polar surface area (TPSA) is 87.2 Å². The molecule has 0 saturated carbocycles. The van der Waals surface area contributed by atoms with Gasteiger partial charge in [0.05, 0.1) is 23.2 Å². The molecule has 6 atom stereocenters. The second-order valence-corrected chi connectivity index (χ2v) is 13.7. The number of fused-ring (bicyclic) bond motifs is 2. The molecule has 2 aromatic carbocycles. The summed E-state index contributed by atoms with van der Waals surface area (Å²) in [6.45, 7) is 8.60. The van der Waals surface area contributed by atoms with E-state index in [-0.39, 0.29) is 41.1 Å². The van der Waals surface area contributed by atoms with E-state index >= 15 is 0 Å². The van der Waals surface area contributed by atoms with Gasteiger partial charge in [-0.1, -0.05) is 58.4 Å². The van der Waals surface area contributed by atoms with Gasteiger partial charge in [-0.25, -0.2) is 0 Å². The van der Waals surface area contributed by atoms with Crippen molar-refractivity contribution in [3.05, 3.63) is 67.8 Å². The van der Waals surface area contributed by atoms with Gasteiger partial charge in [-0.15, -0.1) is 24.9 Å². The highest BCUT2D eigenvalue weighted by Gasteiger charge is 2.76. The van der Waals surface area contributed by atoms with Crippen LogP contribution in [-0.4, -0.2) is 75.0 Å². The molecular weight excluding hydrogens is 604 g/mol. The van der Waals surface area contributed by atoms with Gasteiger partial charge in [0.25, 0.3) is 5.91 Å². The number of hydrogen-bond donors (Lipinski definition) is 1. The highest BCUT2D eigenvalue weighted by molar-refractivity contribution is 9.09. The van der Waals surface area contributed by atoms with Gasteiger partial charge in [-0.2, -0.15) is 0 Å². The van der Waals surface area contributed by atoms with E-state index in [2.05, 4.69) is 29.1 Å². The number of aliphatic hydroxyl groups excluding tert-OH is 1. The van der Waals surface area contributed by atoms with Crippen molar-refractivity contribution >= 4 is 61.9 Å². The van der Waals surface area contributed by atoms with Gasteiger partial charge in [-0.05, 0) is 55.0 Å². The maximum absolute atomic E-state index is 14.7. The van der Waals surface area contributed by atoms with Crippen molar-refractivity contribution in [3.8, 4) is 0 Å². The van der Waals surface area contributed by atoms with E-state index in [4.69, 9.17) is 4.74 Å². The lowest BCUT2D eigenvalue weighted by molar-refractivity contribution is -0.154. The molecule has 1 N–H and O–H groups in total. The van der Waals surface area contributed by atoms with Crippen LogP contribution in [0.25, 0.3) is 10.8 Å². The van der Waals surface area contributed by atoms with E-state index in [0.29, 0.717) is 38.8 Å². The number of esters is 1. The molecule has 2 bridgehead atoms. The van der Waals surface area contributed by atoms with E-state index in [1.165, 1.54) is 0 Å². The highest BCUT2D eigenvalue weighted by Crippen LogP contribution is 2.68. The summed E-state index contributed by atoms with van der Waals surface area (Å²) >= 11 is 5.41. The molecule has 3 aliphatic heterocycles. The standard InChI is InChI=1S/C32H37BrN2O5S/c1-3-5-18-40-31(39)25-26-29(37)35(16-9-6-10-17-36)28(32(26)20-24(33)27(25)41-32)30(38)34(15-4-2)23-14-13-21-11-7-8-12-22(21)19-23/h3-4,7-8,11-14,19,24-28,36H,1-2,5-6,9-10,15-18,20H2/t24?,25-,26+,27-,28?,32?/m1/s1. The fraction of sp³-hybridized carbons (Fsp3) is 0.469. The quantitative estimate of drug-likeness (QED) is 0.142. The molecule has 1 spiro atoms. The van der Waals surface area contributed by atoms with Crippen LogP contribution in [0.15, 0.2) is 67.8 Å². The summed E-state index contributed by atoms with van der Waals surface area (Å²) in [5.74, 6) is -1.94. The number of nitrogens with zero attached hydrogens (tertiary/aromatic N) is 2. The Morgan fingerprint density at radius 1 is 1.15 bits per heavy atom. The molecular formula is C32H37BrN2O5S. The zero-order valence-corrected chi connectivity index (χ0v) is 25.5. The number of alkyl halides is 1. The van der Waals surface area contributed by atoms with E-state index in [9.17, 15) is 19.5 Å². The van der Waals surface area contributed by atoms with Gasteiger partial charge in [0.15, 0.2) is 0 Å². The molecule has 41 heavy (non-hydrogen) atoms. The third-order valence-corrected chi connectivity index (χ3v) is 11.8. The number of anilines is 1. The number of carbonyl (C=O) groups excluding carboxylic acids is 3. The Morgan fingerprint density at radius 2 is 1.93 bits per heavy atom. The molecule has 7 nitrogen and oxygen atoms in total. The first-order valence-corrected chi connectivity index (χ1v) is 16.1. The minimum atomic E-state index is -0.748. The Morgan fingerprint density at radius 3 is 2.66 bits per heavy atom. The van der Waals surface area contributed by atoms with E-state index in [0.717, 1.165) is 22.9 Å². The maximum Gasteiger partial charge on any atom is 0.310 e. The third kappa shape index (κ3) is 5.37. The normalized spacial score (nSPS) is 28.1. The van der Waals surface area contributed by atoms with Crippen molar-refractivity contribution in [1.29, 1.82) is 0 Å². The lowest BCUT2D eigenvalue weighted by Crippen LogP contribution is -2.55. The van der Waals surface area contributed by atoms with Gasteiger partial charge in [0, 0.05) is 35.5 Å². The molecule has 0 aliphatic carbocycles. The summed E-state index contributed by atoms with van der Waals surface area (Å²) in [5.41, 5.74) is 0.745. The van der Waals surface area contributed by atoms with Crippen molar-refractivity contribution in [2.24, 2.45) is 11.8 Å². The number of unbranched alkanes of at least 4 members (excludes halogenated alkanes) is 2. The maximum atomic E-state index is 14.7. The molecule has 3 fully saturated rings. The van der Waals surface area contributed by atoms with Crippen LogP contribution in [0.4, 0.5) is 5.69 Å². The van der Waals surface area contributed by atoms with Crippen molar-refractivity contribution < 1.29 is 24.2 Å². The van der Waals surface area contributed by atoms with Crippen molar-refractivity contribution in [2.75, 3.05) is 31.2 Å². The molecule has 2 amide bonds. The van der Waals surface area contributed by atoms with Crippen LogP contribution in [0.2, 0.25) is 0 Å². The van der Waals surface area contributed by atoms with Gasteiger partial charge in [-0.3, -0.25) is 14.4 Å². The van der Waals surface area contributed by atoms with Gasteiger partial charge < -0.3 is 19.6 Å². The number of amides is 2. The minimum absolute atomic E-state index is 0.0216. The van der Waals surface area contributed by atoms with Crippen LogP contribution in [0.5, 0.6) is 0 Å². The predicted octanol–water partition coefficient (Wildman–Crippen LogP) is 5.11. The molecule has 0 aromatic heterocycles.